The number of nitrogens with zero attached hydrogens (tertiary/aromatic N) is 1. The van der Waals surface area contributed by atoms with Crippen molar-refractivity contribution in [1.82, 2.24) is 0 Å². The Morgan fingerprint density at radius 3 is 2.40 bits per heavy atom. The molecule has 3 N–H and O–H groups in total. The van der Waals surface area contributed by atoms with E-state index in [4.69, 9.17) is 14.6 Å². The van der Waals surface area contributed by atoms with Crippen LogP contribution in [0.15, 0.2) is 76.1 Å². The van der Waals surface area contributed by atoms with Crippen molar-refractivity contribution in [2.75, 3.05) is 11.9 Å². The number of fused-ring (bicyclic) bond motifs is 1. The SMILES string of the molecule is CC(C)(C)[Si](C)(C)OCC(=C1C(=O)Nc2ccccc21)C1(c2ccccc2S(N)(=O)=O)C=CC=N1. The summed E-state index contributed by atoms with van der Waals surface area (Å²) in [5.41, 5.74) is 1.55. The number of anilines is 1. The zero-order valence-electron chi connectivity index (χ0n) is 20.6. The van der Waals surface area contributed by atoms with Gasteiger partial charge in [-0.05, 0) is 42.4 Å². The van der Waals surface area contributed by atoms with Crippen molar-refractivity contribution >= 4 is 41.7 Å². The van der Waals surface area contributed by atoms with Crippen molar-refractivity contribution < 1.29 is 17.6 Å². The third kappa shape index (κ3) is 4.45. The Kier molecular flexibility index (Phi) is 6.25. The van der Waals surface area contributed by atoms with Gasteiger partial charge in [-0.15, -0.1) is 0 Å². The molecule has 0 spiro atoms. The Labute approximate surface area is 208 Å². The van der Waals surface area contributed by atoms with Crippen LogP contribution in [0.4, 0.5) is 5.69 Å². The van der Waals surface area contributed by atoms with Gasteiger partial charge in [0.2, 0.25) is 10.0 Å². The normalized spacial score (nSPS) is 21.3. The number of hydrogen-bond donors (Lipinski definition) is 2. The summed E-state index contributed by atoms with van der Waals surface area (Å²) in [5, 5.41) is 8.48. The van der Waals surface area contributed by atoms with E-state index in [0.29, 0.717) is 22.4 Å². The average molecular weight is 510 g/mol. The van der Waals surface area contributed by atoms with Gasteiger partial charge in [0, 0.05) is 28.6 Å². The number of allylic oxidation sites excluding steroid dienone is 1. The van der Waals surface area contributed by atoms with E-state index in [1.807, 2.05) is 30.3 Å². The van der Waals surface area contributed by atoms with Crippen molar-refractivity contribution in [1.29, 1.82) is 0 Å². The second-order valence-corrected chi connectivity index (χ2v) is 16.7. The summed E-state index contributed by atoms with van der Waals surface area (Å²) in [6, 6.07) is 14.0. The minimum Gasteiger partial charge on any atom is -0.413 e. The van der Waals surface area contributed by atoms with Crippen molar-refractivity contribution in [3.8, 4) is 0 Å². The Morgan fingerprint density at radius 1 is 1.11 bits per heavy atom. The molecule has 2 aliphatic rings. The highest BCUT2D eigenvalue weighted by atomic mass is 32.2. The average Bonchev–Trinajstić information content (AvgIpc) is 3.38. The number of nitrogens with one attached hydrogen (secondary N) is 1. The molecule has 0 saturated heterocycles. The van der Waals surface area contributed by atoms with Crippen LogP contribution in [0.1, 0.15) is 31.9 Å². The van der Waals surface area contributed by atoms with Crippen LogP contribution in [-0.2, 0) is 24.8 Å². The van der Waals surface area contributed by atoms with E-state index < -0.39 is 23.9 Å². The predicted molar refractivity (Wildman–Crippen MR) is 142 cm³/mol. The van der Waals surface area contributed by atoms with Crippen molar-refractivity contribution in [2.24, 2.45) is 10.1 Å². The van der Waals surface area contributed by atoms with Crippen LogP contribution in [0.5, 0.6) is 0 Å². The molecular weight excluding hydrogens is 478 g/mol. The summed E-state index contributed by atoms with van der Waals surface area (Å²) in [6.45, 7) is 10.8. The Hall–Kier alpha value is -2.85. The Balaban J connectivity index is 2.02. The molecule has 2 aromatic carbocycles. The summed E-state index contributed by atoms with van der Waals surface area (Å²) < 4.78 is 31.8. The molecule has 2 aromatic rings. The minimum absolute atomic E-state index is 0.0409. The summed E-state index contributed by atoms with van der Waals surface area (Å²) in [4.78, 5) is 18.1. The zero-order chi connectivity index (χ0) is 25.6. The quantitative estimate of drug-likeness (QED) is 0.438. The van der Waals surface area contributed by atoms with E-state index in [-0.39, 0.29) is 22.4 Å². The van der Waals surface area contributed by atoms with Gasteiger partial charge in [0.1, 0.15) is 5.54 Å². The molecule has 1 unspecified atom stereocenters. The number of hydrogen-bond acceptors (Lipinski definition) is 5. The standard InChI is InChI=1S/C26H31N3O4SSi/c1-25(2,3)35(4,5)33-17-20(23-18-11-6-8-13-21(18)29-24(23)30)26(15-10-16-28-26)19-12-7-9-14-22(19)34(27,31)32/h6-16H,17H2,1-5H3,(H,29,30)(H2,27,31,32). The second-order valence-electron chi connectivity index (χ2n) is 10.3. The number of rotatable bonds is 6. The number of amides is 1. The molecule has 1 atom stereocenters. The number of sulfonamides is 1. The number of nitrogens with two attached hydrogens (primary N) is 1. The maximum atomic E-state index is 13.4. The zero-order valence-corrected chi connectivity index (χ0v) is 22.4. The largest absolute Gasteiger partial charge is 0.413 e. The molecule has 2 aliphatic heterocycles. The van der Waals surface area contributed by atoms with Crippen LogP contribution < -0.4 is 10.5 Å². The molecule has 0 aliphatic carbocycles. The maximum absolute atomic E-state index is 13.4. The van der Waals surface area contributed by atoms with Gasteiger partial charge in [-0.2, -0.15) is 0 Å². The van der Waals surface area contributed by atoms with Gasteiger partial charge in [0.15, 0.2) is 8.32 Å². The van der Waals surface area contributed by atoms with Gasteiger partial charge in [-0.25, -0.2) is 13.6 Å². The fourth-order valence-electron chi connectivity index (χ4n) is 4.17. The third-order valence-corrected chi connectivity index (χ3v) is 12.6. The summed E-state index contributed by atoms with van der Waals surface area (Å²) in [7, 11) is -6.32. The monoisotopic (exact) mass is 509 g/mol. The molecule has 1 amide bonds. The number of para-hydroxylation sites is 1. The van der Waals surface area contributed by atoms with Gasteiger partial charge in [-0.1, -0.05) is 57.2 Å². The minimum atomic E-state index is -4.07. The maximum Gasteiger partial charge on any atom is 0.256 e. The van der Waals surface area contributed by atoms with E-state index in [2.05, 4.69) is 39.2 Å². The molecule has 35 heavy (non-hydrogen) atoms. The second kappa shape index (κ2) is 8.67. The molecule has 9 heteroatoms. The van der Waals surface area contributed by atoms with E-state index >= 15 is 0 Å². The van der Waals surface area contributed by atoms with Crippen LogP contribution in [0.2, 0.25) is 18.1 Å². The Morgan fingerprint density at radius 2 is 1.77 bits per heavy atom. The molecule has 7 nitrogen and oxygen atoms in total. The van der Waals surface area contributed by atoms with Crippen molar-refractivity contribution in [3.05, 3.63) is 77.4 Å². The molecule has 0 radical (unpaired) electrons. The molecule has 184 valence electrons. The molecule has 0 fully saturated rings. The Bertz CT molecular complexity index is 1370. The number of carbonyl (C=O) groups excluding carboxylic acids is 1. The van der Waals surface area contributed by atoms with Crippen LogP contribution in [0.3, 0.4) is 0 Å². The summed E-state index contributed by atoms with van der Waals surface area (Å²) >= 11 is 0. The van der Waals surface area contributed by atoms with Crippen LogP contribution in [0, 0.1) is 0 Å². The first-order valence-corrected chi connectivity index (χ1v) is 15.9. The number of benzene rings is 2. The summed E-state index contributed by atoms with van der Waals surface area (Å²) in [5.74, 6) is -0.275. The molecule has 2 heterocycles. The lowest BCUT2D eigenvalue weighted by atomic mass is 9.80. The van der Waals surface area contributed by atoms with E-state index in [1.165, 1.54) is 6.07 Å². The molecule has 0 aromatic heterocycles. The van der Waals surface area contributed by atoms with Gasteiger partial charge in [-0.3, -0.25) is 9.79 Å². The van der Waals surface area contributed by atoms with Gasteiger partial charge < -0.3 is 9.74 Å². The first-order chi connectivity index (χ1) is 16.3. The lowest BCUT2D eigenvalue weighted by Gasteiger charge is -2.38. The lowest BCUT2D eigenvalue weighted by molar-refractivity contribution is -0.110. The fraction of sp³-hybridized carbons (Fsp3) is 0.308. The number of aliphatic imine (C=N–C) groups is 1. The molecular formula is C26H31N3O4SSi. The first-order valence-electron chi connectivity index (χ1n) is 11.4. The van der Waals surface area contributed by atoms with E-state index in [0.717, 1.165) is 5.56 Å². The summed E-state index contributed by atoms with van der Waals surface area (Å²) in [6.07, 6.45) is 5.18. The van der Waals surface area contributed by atoms with Crippen LogP contribution >= 0.6 is 0 Å². The van der Waals surface area contributed by atoms with Gasteiger partial charge >= 0.3 is 0 Å². The van der Waals surface area contributed by atoms with Crippen LogP contribution in [-0.4, -0.2) is 35.5 Å². The number of carbonyl (C=O) groups is 1. The smallest absolute Gasteiger partial charge is 0.256 e. The molecule has 0 bridgehead atoms. The topological polar surface area (TPSA) is 111 Å². The highest BCUT2D eigenvalue weighted by Crippen LogP contribution is 2.47. The molecule has 4 rings (SSSR count). The number of primary sulfonamides is 1. The van der Waals surface area contributed by atoms with Crippen molar-refractivity contribution in [3.63, 3.8) is 0 Å². The third-order valence-electron chi connectivity index (χ3n) is 7.12. The van der Waals surface area contributed by atoms with Gasteiger partial charge in [0.25, 0.3) is 5.91 Å². The predicted octanol–water partition coefficient (Wildman–Crippen LogP) is 4.60. The van der Waals surface area contributed by atoms with Gasteiger partial charge in [0.05, 0.1) is 17.1 Å². The van der Waals surface area contributed by atoms with E-state index in [1.54, 1.807) is 30.5 Å². The lowest BCUT2D eigenvalue weighted by Crippen LogP contribution is -2.42. The van der Waals surface area contributed by atoms with Crippen LogP contribution in [0.25, 0.3) is 5.57 Å². The van der Waals surface area contributed by atoms with Crippen molar-refractivity contribution in [2.45, 2.75) is 49.3 Å². The highest BCUT2D eigenvalue weighted by Gasteiger charge is 2.45. The highest BCUT2D eigenvalue weighted by molar-refractivity contribution is 7.89. The van der Waals surface area contributed by atoms with E-state index in [9.17, 15) is 13.2 Å². The molecule has 0 saturated carbocycles. The fourth-order valence-corrected chi connectivity index (χ4v) is 5.91. The first kappa shape index (κ1) is 25.2.